The molecule has 3 nitrogen and oxygen atoms in total. The molecule has 1 unspecified atom stereocenters. The molecule has 4 heteroatoms. The van der Waals surface area contributed by atoms with E-state index in [0.717, 1.165) is 13.0 Å². The summed E-state index contributed by atoms with van der Waals surface area (Å²) >= 11 is 0. The number of hydrogen-bond acceptors (Lipinski definition) is 3. The van der Waals surface area contributed by atoms with E-state index in [0.29, 0.717) is 23.0 Å². The van der Waals surface area contributed by atoms with Crippen LogP contribution in [-0.4, -0.2) is 20.8 Å². The van der Waals surface area contributed by atoms with Crippen molar-refractivity contribution in [3.63, 3.8) is 0 Å². The van der Waals surface area contributed by atoms with E-state index in [1.807, 2.05) is 6.92 Å². The Bertz CT molecular complexity index is 407. The maximum Gasteiger partial charge on any atom is 0.163 e. The minimum Gasteiger partial charge on any atom is -0.493 e. The normalized spacial score (nSPS) is 12.6. The molecule has 0 saturated heterocycles. The molecule has 0 heterocycles. The monoisotopic (exact) mass is 269 g/mol. The molecule has 0 fully saturated rings. The molecule has 0 aliphatic carbocycles. The van der Waals surface area contributed by atoms with E-state index in [4.69, 9.17) is 9.47 Å². The van der Waals surface area contributed by atoms with Gasteiger partial charge in [0.25, 0.3) is 0 Å². The molecule has 1 atom stereocenters. The summed E-state index contributed by atoms with van der Waals surface area (Å²) in [4.78, 5) is 0. The van der Waals surface area contributed by atoms with Gasteiger partial charge in [-0.25, -0.2) is 4.39 Å². The van der Waals surface area contributed by atoms with Gasteiger partial charge < -0.3 is 14.8 Å². The molecule has 1 aromatic carbocycles. The van der Waals surface area contributed by atoms with Crippen molar-refractivity contribution in [3.05, 3.63) is 23.5 Å². The first-order chi connectivity index (χ1) is 9.03. The second-order valence-corrected chi connectivity index (χ2v) is 4.97. The zero-order valence-corrected chi connectivity index (χ0v) is 12.4. The van der Waals surface area contributed by atoms with Gasteiger partial charge >= 0.3 is 0 Å². The Labute approximate surface area is 115 Å². The molecule has 0 radical (unpaired) electrons. The number of nitrogens with one attached hydrogen (secondary N) is 1. The van der Waals surface area contributed by atoms with Crippen molar-refractivity contribution in [1.29, 1.82) is 0 Å². The molecule has 0 bridgehead atoms. The average Bonchev–Trinajstić information content (AvgIpc) is 2.37. The van der Waals surface area contributed by atoms with Crippen LogP contribution >= 0.6 is 0 Å². The van der Waals surface area contributed by atoms with Crippen LogP contribution < -0.4 is 14.8 Å². The van der Waals surface area contributed by atoms with E-state index in [1.54, 1.807) is 13.2 Å². The van der Waals surface area contributed by atoms with Crippen LogP contribution in [0.1, 0.15) is 38.8 Å². The van der Waals surface area contributed by atoms with E-state index in [-0.39, 0.29) is 11.9 Å². The summed E-state index contributed by atoms with van der Waals surface area (Å²) < 4.78 is 24.6. The highest BCUT2D eigenvalue weighted by Crippen LogP contribution is 2.34. The third-order valence-electron chi connectivity index (χ3n) is 3.04. The SMILES string of the molecule is CCNC(CC(C)C)c1cc(OC)c(OC)cc1F. The molecule has 0 aliphatic heterocycles. The molecule has 1 aromatic rings. The molecule has 0 amide bonds. The first kappa shape index (κ1) is 15.8. The van der Waals surface area contributed by atoms with Crippen molar-refractivity contribution in [3.8, 4) is 11.5 Å². The first-order valence-electron chi connectivity index (χ1n) is 6.68. The van der Waals surface area contributed by atoms with Gasteiger partial charge in [0.05, 0.1) is 14.2 Å². The Morgan fingerprint density at radius 1 is 1.16 bits per heavy atom. The van der Waals surface area contributed by atoms with Gasteiger partial charge in [-0.05, 0) is 24.9 Å². The highest BCUT2D eigenvalue weighted by atomic mass is 19.1. The smallest absolute Gasteiger partial charge is 0.163 e. The van der Waals surface area contributed by atoms with E-state index in [2.05, 4.69) is 19.2 Å². The molecule has 0 saturated carbocycles. The quantitative estimate of drug-likeness (QED) is 0.821. The molecule has 1 N–H and O–H groups in total. The lowest BCUT2D eigenvalue weighted by Gasteiger charge is -2.22. The fourth-order valence-corrected chi connectivity index (χ4v) is 2.18. The van der Waals surface area contributed by atoms with Gasteiger partial charge in [0.2, 0.25) is 0 Å². The highest BCUT2D eigenvalue weighted by molar-refractivity contribution is 5.44. The van der Waals surface area contributed by atoms with E-state index in [1.165, 1.54) is 13.2 Å². The fourth-order valence-electron chi connectivity index (χ4n) is 2.18. The zero-order valence-electron chi connectivity index (χ0n) is 12.4. The molecule has 0 spiro atoms. The summed E-state index contributed by atoms with van der Waals surface area (Å²) in [5, 5.41) is 3.32. The topological polar surface area (TPSA) is 30.5 Å². The van der Waals surface area contributed by atoms with E-state index >= 15 is 0 Å². The van der Waals surface area contributed by atoms with Gasteiger partial charge in [0.1, 0.15) is 5.82 Å². The highest BCUT2D eigenvalue weighted by Gasteiger charge is 2.19. The standard InChI is InChI=1S/C15H24FNO2/c1-6-17-13(7-10(2)3)11-8-14(18-4)15(19-5)9-12(11)16/h8-10,13,17H,6-7H2,1-5H3. The molecular formula is C15H24FNO2. The molecule has 1 rings (SSSR count). The largest absolute Gasteiger partial charge is 0.493 e. The van der Waals surface area contributed by atoms with Crippen LogP contribution in [-0.2, 0) is 0 Å². The second-order valence-electron chi connectivity index (χ2n) is 4.97. The van der Waals surface area contributed by atoms with Gasteiger partial charge in [-0.1, -0.05) is 20.8 Å². The number of ether oxygens (including phenoxy) is 2. The maximum absolute atomic E-state index is 14.2. The molecule has 108 valence electrons. The van der Waals surface area contributed by atoms with Crippen molar-refractivity contribution >= 4 is 0 Å². The molecule has 0 aliphatic rings. The van der Waals surface area contributed by atoms with Crippen LogP contribution in [0.15, 0.2) is 12.1 Å². The Morgan fingerprint density at radius 2 is 1.74 bits per heavy atom. The van der Waals surface area contributed by atoms with Crippen molar-refractivity contribution < 1.29 is 13.9 Å². The third-order valence-corrected chi connectivity index (χ3v) is 3.04. The van der Waals surface area contributed by atoms with E-state index in [9.17, 15) is 4.39 Å². The Morgan fingerprint density at radius 3 is 2.21 bits per heavy atom. The maximum atomic E-state index is 14.2. The van der Waals surface area contributed by atoms with Gasteiger partial charge in [-0.3, -0.25) is 0 Å². The average molecular weight is 269 g/mol. The molecule has 19 heavy (non-hydrogen) atoms. The van der Waals surface area contributed by atoms with Crippen LogP contribution in [0, 0.1) is 11.7 Å². The van der Waals surface area contributed by atoms with Gasteiger partial charge in [-0.15, -0.1) is 0 Å². The summed E-state index contributed by atoms with van der Waals surface area (Å²) in [6.07, 6.45) is 0.875. The van der Waals surface area contributed by atoms with Crippen LogP contribution in [0.4, 0.5) is 4.39 Å². The predicted molar refractivity (Wildman–Crippen MR) is 75.4 cm³/mol. The van der Waals surface area contributed by atoms with Crippen molar-refractivity contribution in [2.75, 3.05) is 20.8 Å². The third kappa shape index (κ3) is 4.10. The lowest BCUT2D eigenvalue weighted by atomic mass is 9.96. The Kier molecular flexibility index (Phi) is 6.09. The minimum atomic E-state index is -0.260. The van der Waals surface area contributed by atoms with Crippen molar-refractivity contribution in [1.82, 2.24) is 5.32 Å². The first-order valence-corrected chi connectivity index (χ1v) is 6.68. The lowest BCUT2D eigenvalue weighted by molar-refractivity contribution is 0.348. The Hall–Kier alpha value is -1.29. The Balaban J connectivity index is 3.14. The zero-order chi connectivity index (χ0) is 14.4. The van der Waals surface area contributed by atoms with Crippen LogP contribution in [0.2, 0.25) is 0 Å². The summed E-state index contributed by atoms with van der Waals surface area (Å²) in [7, 11) is 3.07. The van der Waals surface area contributed by atoms with Gasteiger partial charge in [0.15, 0.2) is 11.5 Å². The summed E-state index contributed by atoms with van der Waals surface area (Å²) in [5.74, 6) is 1.20. The predicted octanol–water partition coefficient (Wildman–Crippen LogP) is 3.54. The van der Waals surface area contributed by atoms with E-state index < -0.39 is 0 Å². The molecular weight excluding hydrogens is 245 g/mol. The number of benzene rings is 1. The summed E-state index contributed by atoms with van der Waals surface area (Å²) in [6, 6.07) is 3.10. The van der Waals surface area contributed by atoms with Gasteiger partial charge in [0, 0.05) is 17.7 Å². The van der Waals surface area contributed by atoms with Crippen LogP contribution in [0.25, 0.3) is 0 Å². The number of hydrogen-bond donors (Lipinski definition) is 1. The second kappa shape index (κ2) is 7.34. The number of halogens is 1. The number of rotatable bonds is 7. The van der Waals surface area contributed by atoms with Crippen molar-refractivity contribution in [2.45, 2.75) is 33.2 Å². The van der Waals surface area contributed by atoms with Crippen LogP contribution in [0.5, 0.6) is 11.5 Å². The fraction of sp³-hybridized carbons (Fsp3) is 0.600. The molecule has 0 aromatic heterocycles. The van der Waals surface area contributed by atoms with Crippen molar-refractivity contribution in [2.24, 2.45) is 5.92 Å². The lowest BCUT2D eigenvalue weighted by Crippen LogP contribution is -2.23. The number of methoxy groups -OCH3 is 2. The van der Waals surface area contributed by atoms with Crippen LogP contribution in [0.3, 0.4) is 0 Å². The minimum absolute atomic E-state index is 0.00944. The van der Waals surface area contributed by atoms with Gasteiger partial charge in [-0.2, -0.15) is 0 Å². The summed E-state index contributed by atoms with van der Waals surface area (Å²) in [5.41, 5.74) is 0.633. The summed E-state index contributed by atoms with van der Waals surface area (Å²) in [6.45, 7) is 7.07.